The Kier molecular flexibility index (Phi) is 5.84. The topological polar surface area (TPSA) is 70.8 Å². The largest absolute Gasteiger partial charge is 0.573 e. The smallest absolute Gasteiger partial charge is 0.406 e. The predicted molar refractivity (Wildman–Crippen MR) is 150 cm³/mol. The van der Waals surface area contributed by atoms with Crippen LogP contribution >= 0.6 is 0 Å². The zero-order chi connectivity index (χ0) is 28.1. The van der Waals surface area contributed by atoms with Gasteiger partial charge < -0.3 is 24.4 Å². The van der Waals surface area contributed by atoms with Gasteiger partial charge in [-0.25, -0.2) is 0 Å². The molecule has 0 unspecified atom stereocenters. The molecule has 0 spiro atoms. The minimum atomic E-state index is -4.78. The van der Waals surface area contributed by atoms with Crippen molar-refractivity contribution in [2.45, 2.75) is 6.36 Å². The summed E-state index contributed by atoms with van der Waals surface area (Å²) in [5.74, 6) is 0.0105. The molecule has 1 aliphatic carbocycles. The molecule has 1 N–H and O–H groups in total. The van der Waals surface area contributed by atoms with Crippen molar-refractivity contribution in [3.63, 3.8) is 0 Å². The first-order valence-electron chi connectivity index (χ1n) is 13.1. The molecule has 206 valence electrons. The van der Waals surface area contributed by atoms with Crippen LogP contribution in [0.2, 0.25) is 0 Å². The fraction of sp³-hybridized carbons (Fsp3) is 0.161. The number of anilines is 4. The van der Waals surface area contributed by atoms with E-state index in [1.807, 2.05) is 36.4 Å². The third kappa shape index (κ3) is 4.51. The summed E-state index contributed by atoms with van der Waals surface area (Å²) in [7, 11) is 0. The maximum Gasteiger partial charge on any atom is 0.573 e. The van der Waals surface area contributed by atoms with Crippen LogP contribution in [0.25, 0.3) is 22.2 Å². The van der Waals surface area contributed by atoms with Gasteiger partial charge in [-0.15, -0.1) is 13.2 Å². The molecule has 2 aliphatic rings. The number of hydrogen-bond acceptors (Lipinski definition) is 7. The number of ether oxygens (including phenoxy) is 1. The molecule has 1 saturated heterocycles. The molecule has 7 rings (SSSR count). The highest BCUT2D eigenvalue weighted by Crippen LogP contribution is 2.46. The fourth-order valence-electron chi connectivity index (χ4n) is 5.62. The summed E-state index contributed by atoms with van der Waals surface area (Å²) < 4.78 is 47.8. The Bertz CT molecular complexity index is 1760. The number of nitrogens with one attached hydrogen (secondary N) is 1. The Morgan fingerprint density at radius 2 is 1.49 bits per heavy atom. The number of nitrogens with zero attached hydrogens (tertiary/aromatic N) is 3. The van der Waals surface area contributed by atoms with E-state index >= 15 is 0 Å². The second-order valence-electron chi connectivity index (χ2n) is 9.94. The number of fused-ring (bicyclic) bond motifs is 2. The van der Waals surface area contributed by atoms with E-state index in [-0.39, 0.29) is 11.5 Å². The van der Waals surface area contributed by atoms with Crippen molar-refractivity contribution >= 4 is 39.4 Å². The van der Waals surface area contributed by atoms with Crippen molar-refractivity contribution in [2.75, 3.05) is 41.3 Å². The molecule has 0 saturated carbocycles. The number of ketones is 1. The number of alkyl halides is 3. The van der Waals surface area contributed by atoms with Gasteiger partial charge >= 0.3 is 6.36 Å². The summed E-state index contributed by atoms with van der Waals surface area (Å²) in [5.41, 5.74) is 5.19. The van der Waals surface area contributed by atoms with Gasteiger partial charge in [0.25, 0.3) is 0 Å². The van der Waals surface area contributed by atoms with Crippen LogP contribution in [0.4, 0.5) is 35.9 Å². The Morgan fingerprint density at radius 1 is 0.829 bits per heavy atom. The number of benzene rings is 4. The molecule has 1 aliphatic heterocycles. The molecule has 0 bridgehead atoms. The molecular weight excluding hydrogens is 533 g/mol. The van der Waals surface area contributed by atoms with E-state index < -0.39 is 6.36 Å². The van der Waals surface area contributed by atoms with Crippen LogP contribution in [0.15, 0.2) is 89.5 Å². The Labute approximate surface area is 232 Å². The molecule has 7 nitrogen and oxygen atoms in total. The summed E-state index contributed by atoms with van der Waals surface area (Å²) >= 11 is 0. The van der Waals surface area contributed by atoms with Crippen LogP contribution in [-0.2, 0) is 0 Å². The number of rotatable bonds is 5. The van der Waals surface area contributed by atoms with Crippen LogP contribution in [0.5, 0.6) is 5.75 Å². The summed E-state index contributed by atoms with van der Waals surface area (Å²) in [6.45, 7) is 3.03. The van der Waals surface area contributed by atoms with Gasteiger partial charge in [-0.05, 0) is 42.5 Å². The van der Waals surface area contributed by atoms with Gasteiger partial charge in [0.15, 0.2) is 11.5 Å². The second-order valence-corrected chi connectivity index (χ2v) is 9.94. The van der Waals surface area contributed by atoms with Crippen LogP contribution in [-0.4, -0.2) is 43.5 Å². The highest BCUT2D eigenvalue weighted by molar-refractivity contribution is 6.28. The minimum absolute atomic E-state index is 0.179. The van der Waals surface area contributed by atoms with Crippen LogP contribution < -0.4 is 19.9 Å². The normalized spacial score (nSPS) is 14.8. The van der Waals surface area contributed by atoms with Gasteiger partial charge in [-0.1, -0.05) is 47.6 Å². The van der Waals surface area contributed by atoms with Crippen molar-refractivity contribution in [1.29, 1.82) is 0 Å². The maximum atomic E-state index is 13.8. The highest BCUT2D eigenvalue weighted by atomic mass is 19.4. The maximum absolute atomic E-state index is 13.8. The van der Waals surface area contributed by atoms with Crippen LogP contribution in [0, 0.1) is 0 Å². The lowest BCUT2D eigenvalue weighted by Gasteiger charge is -2.37. The monoisotopic (exact) mass is 556 g/mol. The zero-order valence-electron chi connectivity index (χ0n) is 21.6. The highest BCUT2D eigenvalue weighted by Gasteiger charge is 2.34. The fourth-order valence-corrected chi connectivity index (χ4v) is 5.62. The number of piperazine rings is 1. The summed E-state index contributed by atoms with van der Waals surface area (Å²) in [6.07, 6.45) is -4.78. The number of carbonyl (C=O) groups is 1. The minimum Gasteiger partial charge on any atom is -0.406 e. The summed E-state index contributed by atoms with van der Waals surface area (Å²) in [4.78, 5) is 18.4. The average molecular weight is 557 g/mol. The lowest BCUT2D eigenvalue weighted by Crippen LogP contribution is -2.46. The van der Waals surface area contributed by atoms with E-state index in [0.717, 1.165) is 37.6 Å². The van der Waals surface area contributed by atoms with Crippen molar-refractivity contribution in [2.24, 2.45) is 0 Å². The first-order valence-corrected chi connectivity index (χ1v) is 13.1. The molecule has 0 amide bonds. The third-order valence-corrected chi connectivity index (χ3v) is 7.49. The first-order chi connectivity index (χ1) is 19.9. The van der Waals surface area contributed by atoms with Crippen molar-refractivity contribution in [3.8, 4) is 17.1 Å². The molecule has 10 heteroatoms. The van der Waals surface area contributed by atoms with Crippen molar-refractivity contribution in [1.82, 2.24) is 5.16 Å². The second kappa shape index (κ2) is 9.58. The van der Waals surface area contributed by atoms with Gasteiger partial charge in [-0.3, -0.25) is 4.79 Å². The van der Waals surface area contributed by atoms with E-state index in [4.69, 9.17) is 4.52 Å². The Morgan fingerprint density at radius 3 is 2.20 bits per heavy atom. The van der Waals surface area contributed by atoms with E-state index in [1.165, 1.54) is 24.3 Å². The SMILES string of the molecule is O=C1c2ccccc2-c2onc3c(N4CCN(c5ccccc5)CC4)cc(Nc4ccc(OC(F)(F)F)cc4)c1c23. The molecule has 2 heterocycles. The quantitative estimate of drug-likeness (QED) is 0.245. The van der Waals surface area contributed by atoms with E-state index in [1.54, 1.807) is 12.1 Å². The first kappa shape index (κ1) is 25.0. The van der Waals surface area contributed by atoms with Crippen molar-refractivity contribution < 1.29 is 27.2 Å². The van der Waals surface area contributed by atoms with E-state index in [0.29, 0.717) is 44.7 Å². The number of halogens is 3. The number of hydrogen-bond donors (Lipinski definition) is 1. The van der Waals surface area contributed by atoms with Gasteiger partial charge in [0.05, 0.1) is 22.3 Å². The number of carbonyl (C=O) groups excluding carboxylic acids is 1. The van der Waals surface area contributed by atoms with E-state index in [9.17, 15) is 18.0 Å². The van der Waals surface area contributed by atoms with Crippen molar-refractivity contribution in [3.05, 3.63) is 96.1 Å². The summed E-state index contributed by atoms with van der Waals surface area (Å²) in [6, 6.07) is 24.8. The molecule has 0 atom stereocenters. The third-order valence-electron chi connectivity index (χ3n) is 7.49. The molecular formula is C31H23F3N4O3. The number of aromatic nitrogens is 1. The summed E-state index contributed by atoms with van der Waals surface area (Å²) in [5, 5.41) is 8.33. The lowest BCUT2D eigenvalue weighted by molar-refractivity contribution is -0.274. The lowest BCUT2D eigenvalue weighted by atomic mass is 9.86. The molecule has 41 heavy (non-hydrogen) atoms. The predicted octanol–water partition coefficient (Wildman–Crippen LogP) is 7.01. The average Bonchev–Trinajstić information content (AvgIpc) is 3.42. The van der Waals surface area contributed by atoms with Gasteiger partial charge in [0.1, 0.15) is 11.3 Å². The molecule has 0 radical (unpaired) electrons. The zero-order valence-corrected chi connectivity index (χ0v) is 21.6. The van der Waals surface area contributed by atoms with Gasteiger partial charge in [-0.2, -0.15) is 0 Å². The molecule has 1 aromatic heterocycles. The molecule has 1 fully saturated rings. The molecule has 4 aromatic carbocycles. The Hall–Kier alpha value is -4.99. The Balaban J connectivity index is 1.29. The standard InChI is InChI=1S/C31H23F3N4O3/c32-31(33,34)40-21-12-10-19(11-13-21)35-24-18-25(38-16-14-37(15-17-38)20-6-2-1-3-7-20)28-27-26(24)29(39)22-8-4-5-9-23(22)30(27)41-36-28/h1-13,18,35H,14-17H2. The van der Waals surface area contributed by atoms with Crippen LogP contribution in [0.3, 0.4) is 0 Å². The van der Waals surface area contributed by atoms with Gasteiger partial charge in [0.2, 0.25) is 0 Å². The molecule has 5 aromatic rings. The van der Waals surface area contributed by atoms with E-state index in [2.05, 4.69) is 37.1 Å². The van der Waals surface area contributed by atoms with Gasteiger partial charge in [0, 0.05) is 48.7 Å². The number of para-hydroxylation sites is 1. The van der Waals surface area contributed by atoms with Crippen LogP contribution in [0.1, 0.15) is 15.9 Å².